The minimum absolute atomic E-state index is 0.0194. The Morgan fingerprint density at radius 3 is 2.41 bits per heavy atom. The highest BCUT2D eigenvalue weighted by atomic mass is 19.1. The highest BCUT2D eigenvalue weighted by Gasteiger charge is 2.27. The predicted octanol–water partition coefficient (Wildman–Crippen LogP) is 3.76. The normalized spacial score (nSPS) is 11.8. The van der Waals surface area contributed by atoms with E-state index in [0.29, 0.717) is 11.3 Å². The molecule has 0 heterocycles. The van der Waals surface area contributed by atoms with Gasteiger partial charge in [0.25, 0.3) is 5.91 Å². The van der Waals surface area contributed by atoms with Gasteiger partial charge in [-0.05, 0) is 52.3 Å². The molecule has 2 aromatic carbocycles. The summed E-state index contributed by atoms with van der Waals surface area (Å²) in [6, 6.07) is 11.1. The first-order chi connectivity index (χ1) is 13.7. The summed E-state index contributed by atoms with van der Waals surface area (Å²) in [6.07, 6.45) is 0. The maximum absolute atomic E-state index is 14.2. The second-order valence-corrected chi connectivity index (χ2v) is 7.51. The second kappa shape index (κ2) is 10.0. The molecule has 2 rings (SSSR count). The zero-order valence-electron chi connectivity index (χ0n) is 17.7. The number of ether oxygens (including phenoxy) is 1. The van der Waals surface area contributed by atoms with E-state index in [1.807, 2.05) is 45.9 Å². The van der Waals surface area contributed by atoms with Crippen LogP contribution in [0.25, 0.3) is 0 Å². The average Bonchev–Trinajstić information content (AvgIpc) is 2.65. The van der Waals surface area contributed by atoms with Crippen molar-refractivity contribution >= 4 is 11.8 Å². The van der Waals surface area contributed by atoms with Crippen LogP contribution in [0.2, 0.25) is 0 Å². The van der Waals surface area contributed by atoms with Crippen LogP contribution in [0.5, 0.6) is 5.75 Å². The fourth-order valence-corrected chi connectivity index (χ4v) is 2.98. The molecule has 0 unspecified atom stereocenters. The van der Waals surface area contributed by atoms with Crippen molar-refractivity contribution in [2.45, 2.75) is 53.2 Å². The third kappa shape index (κ3) is 6.31. The van der Waals surface area contributed by atoms with Crippen LogP contribution in [0, 0.1) is 19.7 Å². The van der Waals surface area contributed by atoms with Gasteiger partial charge in [0.15, 0.2) is 6.61 Å². The quantitative estimate of drug-likeness (QED) is 0.734. The van der Waals surface area contributed by atoms with E-state index in [4.69, 9.17) is 4.74 Å². The zero-order chi connectivity index (χ0) is 21.6. The molecule has 0 bridgehead atoms. The number of hydrogen-bond acceptors (Lipinski definition) is 3. The number of aryl methyl sites for hydroxylation is 2. The Hall–Kier alpha value is -2.89. The summed E-state index contributed by atoms with van der Waals surface area (Å²) in [7, 11) is 0. The molecule has 0 radical (unpaired) electrons. The SMILES string of the molecule is Cc1ccc(OCC(=O)N(Cc2ccccc2F)[C@H](C)C(=O)NC(C)C)c(C)c1. The molecule has 0 spiro atoms. The topological polar surface area (TPSA) is 58.6 Å². The minimum atomic E-state index is -0.771. The van der Waals surface area contributed by atoms with Crippen LogP contribution < -0.4 is 10.1 Å². The van der Waals surface area contributed by atoms with Crippen LogP contribution in [0.3, 0.4) is 0 Å². The Bertz CT molecular complexity index is 867. The number of nitrogens with zero attached hydrogens (tertiary/aromatic N) is 1. The number of halogens is 1. The van der Waals surface area contributed by atoms with Crippen LogP contribution in [0.15, 0.2) is 42.5 Å². The molecule has 0 fully saturated rings. The molecule has 0 aliphatic heterocycles. The van der Waals surface area contributed by atoms with Crippen molar-refractivity contribution in [3.05, 3.63) is 65.0 Å². The van der Waals surface area contributed by atoms with Gasteiger partial charge in [0.2, 0.25) is 5.91 Å². The highest BCUT2D eigenvalue weighted by Crippen LogP contribution is 2.19. The van der Waals surface area contributed by atoms with Crippen molar-refractivity contribution in [2.24, 2.45) is 0 Å². The van der Waals surface area contributed by atoms with Gasteiger partial charge in [-0.2, -0.15) is 0 Å². The zero-order valence-corrected chi connectivity index (χ0v) is 17.7. The Morgan fingerprint density at radius 2 is 1.79 bits per heavy atom. The molecule has 2 aromatic rings. The molecular weight excluding hydrogens is 371 g/mol. The third-order valence-corrected chi connectivity index (χ3v) is 4.58. The Morgan fingerprint density at radius 1 is 1.10 bits per heavy atom. The lowest BCUT2D eigenvalue weighted by atomic mass is 10.1. The van der Waals surface area contributed by atoms with E-state index in [9.17, 15) is 14.0 Å². The number of nitrogens with one attached hydrogen (secondary N) is 1. The summed E-state index contributed by atoms with van der Waals surface area (Å²) < 4.78 is 19.9. The fraction of sp³-hybridized carbons (Fsp3) is 0.391. The van der Waals surface area contributed by atoms with Crippen LogP contribution in [0.1, 0.15) is 37.5 Å². The number of carbonyl (C=O) groups is 2. The molecule has 29 heavy (non-hydrogen) atoms. The van der Waals surface area contributed by atoms with Crippen molar-refractivity contribution in [3.8, 4) is 5.75 Å². The largest absolute Gasteiger partial charge is 0.483 e. The van der Waals surface area contributed by atoms with Gasteiger partial charge >= 0.3 is 0 Å². The maximum Gasteiger partial charge on any atom is 0.261 e. The summed E-state index contributed by atoms with van der Waals surface area (Å²) >= 11 is 0. The molecular formula is C23H29FN2O3. The molecule has 0 saturated carbocycles. The van der Waals surface area contributed by atoms with E-state index in [2.05, 4.69) is 5.32 Å². The average molecular weight is 400 g/mol. The molecule has 1 N–H and O–H groups in total. The lowest BCUT2D eigenvalue weighted by Crippen LogP contribution is -2.50. The van der Waals surface area contributed by atoms with Gasteiger partial charge in [0.05, 0.1) is 0 Å². The number of carbonyl (C=O) groups excluding carboxylic acids is 2. The van der Waals surface area contributed by atoms with Crippen molar-refractivity contribution in [2.75, 3.05) is 6.61 Å². The Balaban J connectivity index is 2.19. The second-order valence-electron chi connectivity index (χ2n) is 7.51. The first-order valence-electron chi connectivity index (χ1n) is 9.72. The lowest BCUT2D eigenvalue weighted by molar-refractivity contribution is -0.142. The van der Waals surface area contributed by atoms with E-state index in [0.717, 1.165) is 11.1 Å². The molecule has 6 heteroatoms. The molecule has 0 aliphatic carbocycles. The van der Waals surface area contributed by atoms with Gasteiger partial charge < -0.3 is 15.0 Å². The van der Waals surface area contributed by atoms with Crippen LogP contribution in [-0.4, -0.2) is 35.4 Å². The Kier molecular flexibility index (Phi) is 7.76. The Labute approximate surface area is 171 Å². The van der Waals surface area contributed by atoms with E-state index in [1.54, 1.807) is 25.1 Å². The van der Waals surface area contributed by atoms with Gasteiger partial charge in [0, 0.05) is 18.2 Å². The fourth-order valence-electron chi connectivity index (χ4n) is 2.98. The van der Waals surface area contributed by atoms with Gasteiger partial charge in [-0.25, -0.2) is 4.39 Å². The summed E-state index contributed by atoms with van der Waals surface area (Å²) in [6.45, 7) is 8.95. The minimum Gasteiger partial charge on any atom is -0.483 e. The van der Waals surface area contributed by atoms with E-state index < -0.39 is 11.9 Å². The summed E-state index contributed by atoms with van der Waals surface area (Å²) in [5.41, 5.74) is 2.36. The van der Waals surface area contributed by atoms with Gasteiger partial charge in [0.1, 0.15) is 17.6 Å². The standard InChI is InChI=1S/C23H29FN2O3/c1-15(2)25-23(28)18(5)26(13-19-8-6-7-9-20(19)24)22(27)14-29-21-11-10-16(3)12-17(21)4/h6-12,15,18H,13-14H2,1-5H3,(H,25,28)/t18-/m1/s1. The smallest absolute Gasteiger partial charge is 0.261 e. The summed E-state index contributed by atoms with van der Waals surface area (Å²) in [5.74, 6) is -0.498. The van der Waals surface area contributed by atoms with Crippen LogP contribution in [-0.2, 0) is 16.1 Å². The monoisotopic (exact) mass is 400 g/mol. The van der Waals surface area contributed by atoms with Crippen LogP contribution >= 0.6 is 0 Å². The van der Waals surface area contributed by atoms with Crippen molar-refractivity contribution in [3.63, 3.8) is 0 Å². The molecule has 0 aromatic heterocycles. The van der Waals surface area contributed by atoms with E-state index in [-0.39, 0.29) is 31.0 Å². The number of benzene rings is 2. The lowest BCUT2D eigenvalue weighted by Gasteiger charge is -2.29. The number of hydrogen-bond donors (Lipinski definition) is 1. The number of amides is 2. The maximum atomic E-state index is 14.2. The molecule has 0 aliphatic rings. The van der Waals surface area contributed by atoms with Crippen molar-refractivity contribution < 1.29 is 18.7 Å². The number of rotatable bonds is 8. The van der Waals surface area contributed by atoms with Gasteiger partial charge in [-0.3, -0.25) is 9.59 Å². The first-order valence-corrected chi connectivity index (χ1v) is 9.72. The molecule has 5 nitrogen and oxygen atoms in total. The van der Waals surface area contributed by atoms with E-state index >= 15 is 0 Å². The van der Waals surface area contributed by atoms with Crippen molar-refractivity contribution in [1.82, 2.24) is 10.2 Å². The predicted molar refractivity (Wildman–Crippen MR) is 111 cm³/mol. The van der Waals surface area contributed by atoms with Crippen LogP contribution in [0.4, 0.5) is 4.39 Å². The molecule has 1 atom stereocenters. The third-order valence-electron chi connectivity index (χ3n) is 4.58. The van der Waals surface area contributed by atoms with Gasteiger partial charge in [-0.1, -0.05) is 35.9 Å². The summed E-state index contributed by atoms with van der Waals surface area (Å²) in [5, 5.41) is 2.80. The first kappa shape index (κ1) is 22.4. The molecule has 2 amide bonds. The summed E-state index contributed by atoms with van der Waals surface area (Å²) in [4.78, 5) is 26.8. The molecule has 0 saturated heterocycles. The van der Waals surface area contributed by atoms with Crippen molar-refractivity contribution in [1.29, 1.82) is 0 Å². The van der Waals surface area contributed by atoms with Gasteiger partial charge in [-0.15, -0.1) is 0 Å². The molecule has 156 valence electrons. The highest BCUT2D eigenvalue weighted by molar-refractivity contribution is 5.88. The van der Waals surface area contributed by atoms with E-state index in [1.165, 1.54) is 11.0 Å².